The molecule has 0 rings (SSSR count). The Labute approximate surface area is 111 Å². The van der Waals surface area contributed by atoms with Gasteiger partial charge in [-0.1, -0.05) is 0 Å². The van der Waals surface area contributed by atoms with E-state index in [1.54, 1.807) is 0 Å². The molecule has 0 aromatic carbocycles. The Kier molecular flexibility index (Phi) is 30.2. The molecule has 2 N–H and O–H groups in total. The Bertz CT molecular complexity index is 79.0. The molecule has 0 aliphatic heterocycles. The number of carboxylic acid groups (broad SMARTS) is 2. The third kappa shape index (κ3) is 17.7. The Hall–Kier alpha value is 1.42. The second kappa shape index (κ2) is 12.1. The van der Waals surface area contributed by atoms with Gasteiger partial charge in [0.2, 0.25) is 0 Å². The van der Waals surface area contributed by atoms with Crippen molar-refractivity contribution in [3.8, 4) is 0 Å². The summed E-state index contributed by atoms with van der Waals surface area (Å²) in [6.07, 6.45) is 0. The normalized spacial score (nSPS) is 4.89. The maximum absolute atomic E-state index is 8.93. The third-order valence-electron chi connectivity index (χ3n) is 0.167. The Morgan fingerprint density at radius 3 is 1.11 bits per heavy atom. The van der Waals surface area contributed by atoms with Crippen molar-refractivity contribution < 1.29 is 25.3 Å². The van der Waals surface area contributed by atoms with Crippen molar-refractivity contribution in [2.45, 2.75) is 0 Å². The van der Waals surface area contributed by atoms with Crippen molar-refractivity contribution in [1.82, 2.24) is 0 Å². The van der Waals surface area contributed by atoms with Crippen LogP contribution < -0.4 is 10.2 Å². The molecule has 7 heteroatoms. The molecule has 0 aromatic rings. The Morgan fingerprint density at radius 2 is 1.11 bits per heavy atom. The number of carboxylic acids is 2. The van der Waals surface area contributed by atoms with Crippen LogP contribution in [0.5, 0.6) is 0 Å². The number of carbonyl (C=O) groups is 2. The van der Waals surface area contributed by atoms with E-state index in [1.807, 2.05) is 0 Å². The van der Waals surface area contributed by atoms with Gasteiger partial charge in [-0.25, -0.2) is 0 Å². The second-order valence-corrected chi connectivity index (χ2v) is 0.575. The van der Waals surface area contributed by atoms with Crippen LogP contribution >= 0.6 is 0 Å². The third-order valence-corrected chi connectivity index (χ3v) is 0.167. The fourth-order valence-electron chi connectivity index (χ4n) is 0. The molecule has 0 saturated carbocycles. The van der Waals surface area contributed by atoms with Crippen molar-refractivity contribution in [1.29, 1.82) is 0 Å². The van der Waals surface area contributed by atoms with Crippen LogP contribution in [0, 0.1) is 0 Å². The van der Waals surface area contributed by atoms with Crippen molar-refractivity contribution in [3.63, 3.8) is 0 Å². The second-order valence-electron chi connectivity index (χ2n) is 0.575. The fourth-order valence-corrected chi connectivity index (χ4v) is 0. The molecule has 0 aliphatic carbocycles. The summed E-state index contributed by atoms with van der Waals surface area (Å²) in [5.41, 5.74) is 0. The molecular weight excluding hydrogens is 184 g/mol. The minimum atomic E-state index is -2.19. The van der Waals surface area contributed by atoms with E-state index in [-0.39, 0.29) is 81.0 Å². The van der Waals surface area contributed by atoms with Crippen molar-refractivity contribution in [3.05, 3.63) is 0 Å². The van der Waals surface area contributed by atoms with E-state index >= 15 is 0 Å². The molecule has 0 unspecified atom stereocenters. The number of hydrogen-bond acceptors (Lipinski definition) is 4. The summed E-state index contributed by atoms with van der Waals surface area (Å²) >= 11 is 0. The van der Waals surface area contributed by atoms with Crippen LogP contribution in [-0.4, -0.2) is 92.9 Å². The Balaban J connectivity index is -0.0000000417. The van der Waals surface area contributed by atoms with Gasteiger partial charge < -0.3 is 25.3 Å². The minimum absolute atomic E-state index is 0. The average Bonchev–Trinajstić information content (AvgIpc) is 1.36. The van der Waals surface area contributed by atoms with Crippen LogP contribution in [-0.2, 0) is 9.59 Å². The zero-order valence-electron chi connectivity index (χ0n) is 3.84. The van der Waals surface area contributed by atoms with Gasteiger partial charge in [0.15, 0.2) is 0 Å². The van der Waals surface area contributed by atoms with Gasteiger partial charge in [0, 0.05) is 0 Å². The van der Waals surface area contributed by atoms with Crippen LogP contribution in [0.3, 0.4) is 0 Å². The summed E-state index contributed by atoms with van der Waals surface area (Å²) in [4.78, 5) is 17.9. The van der Waals surface area contributed by atoms with E-state index in [9.17, 15) is 0 Å². The van der Waals surface area contributed by atoms with Crippen LogP contribution in [0.4, 0.5) is 0 Å². The van der Waals surface area contributed by atoms with Crippen molar-refractivity contribution in [2.75, 3.05) is 0 Å². The van der Waals surface area contributed by atoms with Gasteiger partial charge in [0.1, 0.15) is 0 Å². The monoisotopic (exact) mass is 188 g/mol. The van der Waals surface area contributed by atoms with Gasteiger partial charge in [-0.3, -0.25) is 0 Å². The van der Waals surface area contributed by atoms with Gasteiger partial charge in [-0.15, -0.1) is 0 Å². The Morgan fingerprint density at radius 1 is 1.00 bits per heavy atom. The number of aliphatic carboxylic acids is 2. The van der Waals surface area contributed by atoms with Gasteiger partial charge in [0.25, 0.3) is 0 Å². The van der Waals surface area contributed by atoms with Crippen LogP contribution in [0.2, 0.25) is 0 Å². The van der Waals surface area contributed by atoms with E-state index in [0.717, 1.165) is 0 Å². The zero-order valence-corrected chi connectivity index (χ0v) is 6.05. The SMILES string of the molecule is O.O=C([O-])C(=O)[O-].[Ca+2].[CaH2]. The predicted octanol–water partition coefficient (Wildman–Crippen LogP) is -5.64. The summed E-state index contributed by atoms with van der Waals surface area (Å²) in [6.45, 7) is 0. The molecule has 0 heterocycles. The standard InChI is InChI=1S/C2H2O4.2Ca.H2O.2H/c3-1(4)2(5)6;;;;;/h(H,3,4)(H,5,6);;;1H2;;/q;;+2;;;/p-2. The molecule has 0 aromatic heterocycles. The van der Waals surface area contributed by atoms with E-state index in [4.69, 9.17) is 19.8 Å². The number of rotatable bonds is 0. The number of carbonyl (C=O) groups excluding carboxylic acids is 2. The molecule has 0 radical (unpaired) electrons. The van der Waals surface area contributed by atoms with Crippen molar-refractivity contribution in [2.24, 2.45) is 0 Å². The van der Waals surface area contributed by atoms with Gasteiger partial charge in [0.05, 0.1) is 11.9 Å². The predicted molar refractivity (Wildman–Crippen MR) is 27.9 cm³/mol. The summed E-state index contributed by atoms with van der Waals surface area (Å²) < 4.78 is 0. The van der Waals surface area contributed by atoms with Gasteiger partial charge in [-0.2, -0.15) is 0 Å². The van der Waals surface area contributed by atoms with Crippen LogP contribution in [0.1, 0.15) is 0 Å². The first kappa shape index (κ1) is 22.4. The first-order chi connectivity index (χ1) is 2.64. The number of hydrogen-bond donors (Lipinski definition) is 0. The van der Waals surface area contributed by atoms with E-state index in [0.29, 0.717) is 0 Å². The molecule has 0 atom stereocenters. The summed E-state index contributed by atoms with van der Waals surface area (Å²) in [5, 5.41) is 17.9. The van der Waals surface area contributed by atoms with E-state index < -0.39 is 11.9 Å². The maximum atomic E-state index is 8.93. The summed E-state index contributed by atoms with van der Waals surface area (Å²) in [5.74, 6) is -4.37. The van der Waals surface area contributed by atoms with Crippen LogP contribution in [0.25, 0.3) is 0 Å². The molecular formula is C2H4Ca2O5. The molecule has 0 bridgehead atoms. The molecule has 0 aliphatic rings. The fraction of sp³-hybridized carbons (Fsp3) is 0. The summed E-state index contributed by atoms with van der Waals surface area (Å²) in [7, 11) is 0. The topological polar surface area (TPSA) is 112 Å². The quantitative estimate of drug-likeness (QED) is 0.278. The first-order valence-electron chi connectivity index (χ1n) is 1.07. The molecule has 9 heavy (non-hydrogen) atoms. The molecule has 0 saturated heterocycles. The average molecular weight is 188 g/mol. The van der Waals surface area contributed by atoms with E-state index in [1.165, 1.54) is 0 Å². The molecule has 0 spiro atoms. The van der Waals surface area contributed by atoms with Gasteiger partial charge in [-0.05, 0) is 0 Å². The summed E-state index contributed by atoms with van der Waals surface area (Å²) in [6, 6.07) is 0. The molecule has 0 fully saturated rings. The first-order valence-corrected chi connectivity index (χ1v) is 1.07. The van der Waals surface area contributed by atoms with E-state index in [2.05, 4.69) is 0 Å². The van der Waals surface area contributed by atoms with Crippen LogP contribution in [0.15, 0.2) is 0 Å². The van der Waals surface area contributed by atoms with Crippen molar-refractivity contribution >= 4 is 87.4 Å². The van der Waals surface area contributed by atoms with Gasteiger partial charge >= 0.3 is 75.5 Å². The molecule has 5 nitrogen and oxygen atoms in total. The molecule has 46 valence electrons. The molecule has 0 amide bonds. The zero-order chi connectivity index (χ0) is 5.15.